The van der Waals surface area contributed by atoms with E-state index in [1.165, 1.54) is 44.9 Å². The summed E-state index contributed by atoms with van der Waals surface area (Å²) in [5.74, 6) is 1.91. The summed E-state index contributed by atoms with van der Waals surface area (Å²) in [6.45, 7) is 4.59. The highest BCUT2D eigenvalue weighted by molar-refractivity contribution is 5.00. The molecule has 0 fully saturated rings. The van der Waals surface area contributed by atoms with Gasteiger partial charge in [-0.15, -0.1) is 0 Å². The zero-order chi connectivity index (χ0) is 9.52. The van der Waals surface area contributed by atoms with E-state index in [0.29, 0.717) is 0 Å². The van der Waals surface area contributed by atoms with Crippen molar-refractivity contribution in [2.75, 3.05) is 0 Å². The highest BCUT2D eigenvalue weighted by atomic mass is 14.3. The van der Waals surface area contributed by atoms with E-state index in [1.807, 2.05) is 0 Å². The molecule has 0 radical (unpaired) electrons. The second-order valence-electron chi connectivity index (χ2n) is 4.37. The van der Waals surface area contributed by atoms with Crippen molar-refractivity contribution in [1.29, 1.82) is 0 Å². The zero-order valence-corrected chi connectivity index (χ0v) is 9.26. The van der Waals surface area contributed by atoms with Gasteiger partial charge in [0.1, 0.15) is 0 Å². The molecule has 0 saturated heterocycles. The maximum absolute atomic E-state index is 2.47. The minimum Gasteiger partial charge on any atom is -0.0880 e. The summed E-state index contributed by atoms with van der Waals surface area (Å²) in [7, 11) is 0. The summed E-state index contributed by atoms with van der Waals surface area (Å²) in [4.78, 5) is 0. The van der Waals surface area contributed by atoms with E-state index in [0.717, 1.165) is 11.8 Å². The van der Waals surface area contributed by atoms with E-state index in [4.69, 9.17) is 0 Å². The molecule has 1 rings (SSSR count). The molecule has 0 bridgehead atoms. The molecule has 0 aromatic rings. The largest absolute Gasteiger partial charge is 0.0880 e. The molecule has 0 aromatic heterocycles. The summed E-state index contributed by atoms with van der Waals surface area (Å²) < 4.78 is 0. The first-order chi connectivity index (χ1) is 6.38. The van der Waals surface area contributed by atoms with Gasteiger partial charge in [-0.05, 0) is 31.1 Å². The van der Waals surface area contributed by atoms with Crippen molar-refractivity contribution in [3.05, 3.63) is 12.2 Å². The summed E-state index contributed by atoms with van der Waals surface area (Å²) >= 11 is 0. The maximum atomic E-state index is 2.47. The lowest BCUT2D eigenvalue weighted by Gasteiger charge is -2.18. The lowest BCUT2D eigenvalue weighted by Crippen LogP contribution is -2.07. The number of hydrogen-bond donors (Lipinski definition) is 0. The standard InChI is InChI=1S/C13H24/c1-3-5-8-12-10-7-11-13(12)9-6-4-2/h7,10,12-13H,3-6,8-9,11H2,1-2H3. The molecule has 0 aromatic carbocycles. The van der Waals surface area contributed by atoms with Gasteiger partial charge in [-0.3, -0.25) is 0 Å². The highest BCUT2D eigenvalue weighted by Gasteiger charge is 2.20. The predicted molar refractivity (Wildman–Crippen MR) is 59.8 cm³/mol. The Labute approximate surface area is 83.4 Å². The molecule has 0 N–H and O–H groups in total. The van der Waals surface area contributed by atoms with Gasteiger partial charge in [0.05, 0.1) is 0 Å². The minimum atomic E-state index is 0.923. The van der Waals surface area contributed by atoms with Crippen molar-refractivity contribution in [3.63, 3.8) is 0 Å². The van der Waals surface area contributed by atoms with Crippen molar-refractivity contribution in [2.45, 2.75) is 58.8 Å². The van der Waals surface area contributed by atoms with E-state index in [9.17, 15) is 0 Å². The molecule has 2 unspecified atom stereocenters. The average molecular weight is 180 g/mol. The third kappa shape index (κ3) is 3.54. The molecule has 0 nitrogen and oxygen atoms in total. The third-order valence-electron chi connectivity index (χ3n) is 3.25. The Hall–Kier alpha value is -0.260. The van der Waals surface area contributed by atoms with Gasteiger partial charge in [-0.2, -0.15) is 0 Å². The molecule has 2 atom stereocenters. The fraction of sp³-hybridized carbons (Fsp3) is 0.846. The summed E-state index contributed by atoms with van der Waals surface area (Å²) in [6.07, 6.45) is 14.7. The van der Waals surface area contributed by atoms with Crippen molar-refractivity contribution < 1.29 is 0 Å². The quantitative estimate of drug-likeness (QED) is 0.526. The second-order valence-corrected chi connectivity index (χ2v) is 4.37. The molecule has 0 heteroatoms. The first-order valence-corrected chi connectivity index (χ1v) is 6.05. The normalized spacial score (nSPS) is 26.9. The molecular formula is C13H24. The van der Waals surface area contributed by atoms with Crippen LogP contribution in [-0.2, 0) is 0 Å². The number of unbranched alkanes of at least 4 members (excludes halogenated alkanes) is 2. The fourth-order valence-corrected chi connectivity index (χ4v) is 2.33. The Balaban J connectivity index is 2.21. The Morgan fingerprint density at radius 3 is 2.46 bits per heavy atom. The van der Waals surface area contributed by atoms with E-state index in [-0.39, 0.29) is 0 Å². The lowest BCUT2D eigenvalue weighted by molar-refractivity contribution is 0.359. The van der Waals surface area contributed by atoms with E-state index in [1.54, 1.807) is 0 Å². The predicted octanol–water partition coefficient (Wildman–Crippen LogP) is 4.56. The lowest BCUT2D eigenvalue weighted by atomic mass is 9.87. The molecule has 76 valence electrons. The fourth-order valence-electron chi connectivity index (χ4n) is 2.33. The summed E-state index contributed by atoms with van der Waals surface area (Å²) in [5, 5.41) is 0. The zero-order valence-electron chi connectivity index (χ0n) is 9.26. The van der Waals surface area contributed by atoms with Crippen LogP contribution in [0.25, 0.3) is 0 Å². The topological polar surface area (TPSA) is 0 Å². The van der Waals surface area contributed by atoms with Crippen LogP contribution < -0.4 is 0 Å². The van der Waals surface area contributed by atoms with Crippen molar-refractivity contribution in [1.82, 2.24) is 0 Å². The monoisotopic (exact) mass is 180 g/mol. The first kappa shape index (κ1) is 10.8. The van der Waals surface area contributed by atoms with E-state index in [2.05, 4.69) is 26.0 Å². The minimum absolute atomic E-state index is 0.923. The van der Waals surface area contributed by atoms with Crippen LogP contribution in [0.5, 0.6) is 0 Å². The molecule has 0 saturated carbocycles. The molecule has 0 amide bonds. The van der Waals surface area contributed by atoms with Gasteiger partial charge in [-0.25, -0.2) is 0 Å². The summed E-state index contributed by atoms with van der Waals surface area (Å²) in [5.41, 5.74) is 0. The smallest absolute Gasteiger partial charge is 0.0202 e. The van der Waals surface area contributed by atoms with Gasteiger partial charge in [0.2, 0.25) is 0 Å². The van der Waals surface area contributed by atoms with Gasteiger partial charge in [0.15, 0.2) is 0 Å². The molecule has 13 heavy (non-hydrogen) atoms. The van der Waals surface area contributed by atoms with Crippen molar-refractivity contribution in [3.8, 4) is 0 Å². The highest BCUT2D eigenvalue weighted by Crippen LogP contribution is 2.33. The molecule has 0 spiro atoms. The Morgan fingerprint density at radius 2 is 1.77 bits per heavy atom. The van der Waals surface area contributed by atoms with Crippen LogP contribution in [0, 0.1) is 11.8 Å². The van der Waals surface area contributed by atoms with Gasteiger partial charge in [0.25, 0.3) is 0 Å². The van der Waals surface area contributed by atoms with Crippen LogP contribution in [0.4, 0.5) is 0 Å². The SMILES string of the molecule is CCCCC1C=CCC1CCCC. The van der Waals surface area contributed by atoms with Crippen molar-refractivity contribution in [2.24, 2.45) is 11.8 Å². The second kappa shape index (κ2) is 6.23. The molecule has 1 aliphatic rings. The van der Waals surface area contributed by atoms with E-state index < -0.39 is 0 Å². The van der Waals surface area contributed by atoms with Crippen molar-refractivity contribution >= 4 is 0 Å². The van der Waals surface area contributed by atoms with Crippen LogP contribution in [0.3, 0.4) is 0 Å². The van der Waals surface area contributed by atoms with Gasteiger partial charge in [-0.1, -0.05) is 51.7 Å². The molecule has 0 heterocycles. The Kier molecular flexibility index (Phi) is 5.19. The summed E-state index contributed by atoms with van der Waals surface area (Å²) in [6, 6.07) is 0. The van der Waals surface area contributed by atoms with Crippen LogP contribution in [-0.4, -0.2) is 0 Å². The van der Waals surface area contributed by atoms with Crippen LogP contribution in [0.2, 0.25) is 0 Å². The van der Waals surface area contributed by atoms with Gasteiger partial charge < -0.3 is 0 Å². The third-order valence-corrected chi connectivity index (χ3v) is 3.25. The Morgan fingerprint density at radius 1 is 1.08 bits per heavy atom. The molecular weight excluding hydrogens is 156 g/mol. The van der Waals surface area contributed by atoms with Gasteiger partial charge in [0, 0.05) is 0 Å². The molecule has 1 aliphatic carbocycles. The van der Waals surface area contributed by atoms with Crippen LogP contribution in [0.15, 0.2) is 12.2 Å². The number of hydrogen-bond acceptors (Lipinski definition) is 0. The van der Waals surface area contributed by atoms with Crippen LogP contribution in [0.1, 0.15) is 58.8 Å². The first-order valence-electron chi connectivity index (χ1n) is 6.05. The van der Waals surface area contributed by atoms with E-state index >= 15 is 0 Å². The maximum Gasteiger partial charge on any atom is -0.0202 e. The van der Waals surface area contributed by atoms with Crippen LogP contribution >= 0.6 is 0 Å². The Bertz CT molecular complexity index is 146. The van der Waals surface area contributed by atoms with Gasteiger partial charge >= 0.3 is 0 Å². The number of allylic oxidation sites excluding steroid dienone is 2. The molecule has 0 aliphatic heterocycles. The number of rotatable bonds is 6. The average Bonchev–Trinajstić information content (AvgIpc) is 2.59.